The van der Waals surface area contributed by atoms with E-state index < -0.39 is 6.04 Å². The van der Waals surface area contributed by atoms with E-state index in [1.807, 2.05) is 32.9 Å². The number of likely N-dealkylation sites (tertiary alicyclic amines) is 1. The summed E-state index contributed by atoms with van der Waals surface area (Å²) in [6, 6.07) is 7.53. The normalized spacial score (nSPS) is 14.5. The van der Waals surface area contributed by atoms with Crippen LogP contribution in [-0.2, 0) is 47.5 Å². The fraction of sp³-hybridized carbons (Fsp3) is 0.810. The number of carbonyl (C=O) groups is 2. The number of nitrogens with one attached hydrogen (secondary N) is 3. The molecule has 17 nitrogen and oxygen atoms in total. The molecule has 0 unspecified atom stereocenters. The molecule has 338 valence electrons. The Labute approximate surface area is 352 Å². The van der Waals surface area contributed by atoms with Crippen LogP contribution in [0.2, 0.25) is 0 Å². The van der Waals surface area contributed by atoms with Crippen molar-refractivity contribution in [1.29, 1.82) is 0 Å². The number of amides is 2. The minimum absolute atomic E-state index is 0.00828. The Hall–Kier alpha value is -3.09. The van der Waals surface area contributed by atoms with Gasteiger partial charge in [-0.2, -0.15) is 0 Å². The molecule has 1 aromatic rings. The van der Waals surface area contributed by atoms with Gasteiger partial charge in [-0.1, -0.05) is 36.7 Å². The highest BCUT2D eigenvalue weighted by molar-refractivity contribution is 5.88. The van der Waals surface area contributed by atoms with E-state index in [1.165, 1.54) is 5.56 Å². The van der Waals surface area contributed by atoms with Crippen molar-refractivity contribution < 1.29 is 47.5 Å². The Morgan fingerprint density at radius 3 is 1.68 bits per heavy atom. The lowest BCUT2D eigenvalue weighted by molar-refractivity contribution is -0.130. The zero-order valence-electron chi connectivity index (χ0n) is 36.4. The summed E-state index contributed by atoms with van der Waals surface area (Å²) in [5, 5.41) is 12.8. The molecule has 17 heteroatoms. The fourth-order valence-electron chi connectivity index (χ4n) is 6.14. The molecular weight excluding hydrogens is 763 g/mol. The highest BCUT2D eigenvalue weighted by Gasteiger charge is 2.25. The third kappa shape index (κ3) is 28.9. The number of ether oxygens (including phenoxy) is 8. The summed E-state index contributed by atoms with van der Waals surface area (Å²) in [5.41, 5.74) is 10.4. The molecule has 1 fully saturated rings. The molecule has 0 bridgehead atoms. The lowest BCUT2D eigenvalue weighted by Crippen LogP contribution is -2.52. The number of hydrogen-bond acceptors (Lipinski definition) is 13. The number of aryl methyl sites for hydroxylation is 1. The van der Waals surface area contributed by atoms with Crippen molar-refractivity contribution in [3.8, 4) is 0 Å². The average Bonchev–Trinajstić information content (AvgIpc) is 3.22. The number of anilines is 1. The van der Waals surface area contributed by atoms with Crippen molar-refractivity contribution in [1.82, 2.24) is 15.5 Å². The van der Waals surface area contributed by atoms with Gasteiger partial charge in [-0.05, 0) is 82.1 Å². The van der Waals surface area contributed by atoms with Crippen LogP contribution >= 0.6 is 0 Å². The maximum atomic E-state index is 13.0. The zero-order valence-corrected chi connectivity index (χ0v) is 36.4. The van der Waals surface area contributed by atoms with Crippen molar-refractivity contribution >= 4 is 17.5 Å². The van der Waals surface area contributed by atoms with Gasteiger partial charge in [0.25, 0.3) is 0 Å². The summed E-state index contributed by atoms with van der Waals surface area (Å²) in [6.07, 6.45) is 4.55. The summed E-state index contributed by atoms with van der Waals surface area (Å²) in [7, 11) is 0. The smallest absolute Gasteiger partial charge is 0.243 e. The van der Waals surface area contributed by atoms with Crippen LogP contribution in [0.25, 0.3) is 10.4 Å². The van der Waals surface area contributed by atoms with Crippen LogP contribution in [-0.4, -0.2) is 167 Å². The molecule has 2 atom stereocenters. The first-order chi connectivity index (χ1) is 28.8. The van der Waals surface area contributed by atoms with E-state index in [0.717, 1.165) is 51.0 Å². The summed E-state index contributed by atoms with van der Waals surface area (Å²) in [6.45, 7) is 19.9. The van der Waals surface area contributed by atoms with Crippen molar-refractivity contribution in [2.24, 2.45) is 17.0 Å². The maximum absolute atomic E-state index is 13.0. The maximum Gasteiger partial charge on any atom is 0.243 e. The summed E-state index contributed by atoms with van der Waals surface area (Å²) in [5.74, 6) is 0.417. The van der Waals surface area contributed by atoms with Gasteiger partial charge < -0.3 is 58.7 Å². The monoisotopic (exact) mass is 838 g/mol. The van der Waals surface area contributed by atoms with Gasteiger partial charge in [0.2, 0.25) is 11.8 Å². The lowest BCUT2D eigenvalue weighted by Gasteiger charge is -2.31. The van der Waals surface area contributed by atoms with Crippen LogP contribution in [0.5, 0.6) is 0 Å². The Morgan fingerprint density at radius 1 is 0.729 bits per heavy atom. The minimum Gasteiger partial charge on any atom is -0.383 e. The predicted molar refractivity (Wildman–Crippen MR) is 228 cm³/mol. The number of carbonyl (C=O) groups excluding carboxylic acids is 2. The first-order valence-corrected chi connectivity index (χ1v) is 21.5. The molecule has 59 heavy (non-hydrogen) atoms. The third-order valence-corrected chi connectivity index (χ3v) is 9.60. The van der Waals surface area contributed by atoms with E-state index in [-0.39, 0.29) is 23.8 Å². The van der Waals surface area contributed by atoms with Gasteiger partial charge in [0, 0.05) is 42.7 Å². The Kier molecular flexibility index (Phi) is 31.4. The van der Waals surface area contributed by atoms with Crippen LogP contribution < -0.4 is 16.0 Å². The molecule has 0 radical (unpaired) electrons. The molecule has 0 aromatic heterocycles. The zero-order chi connectivity index (χ0) is 42.6. The molecule has 0 spiro atoms. The van der Waals surface area contributed by atoms with Crippen molar-refractivity contribution in [2.75, 3.05) is 144 Å². The van der Waals surface area contributed by atoms with Gasteiger partial charge in [-0.3, -0.25) is 9.59 Å². The van der Waals surface area contributed by atoms with Gasteiger partial charge in [0.05, 0.1) is 106 Å². The highest BCUT2D eigenvalue weighted by Crippen LogP contribution is 2.22. The van der Waals surface area contributed by atoms with Crippen LogP contribution in [0, 0.1) is 18.8 Å². The standard InChI is InChI=1S/C42H75N7O10/c1-35(2)41(42(51)46-37(4)34-44-39-10-8-36(3)9-11-39)47-40(50)7-5-6-38-12-15-49(16-13-38)17-19-53-21-23-55-25-27-57-29-31-59-33-32-58-30-28-56-26-24-54-22-20-52-18-14-45-48-43/h8-11,35,37-38,41,44H,5-7,12-34H2,1-4H3,(H,46,51)(H,47,50)/t37-,41-/m0/s1. The second-order valence-electron chi connectivity index (χ2n) is 15.0. The Balaban J connectivity index is 1.32. The number of hydrogen-bond donors (Lipinski definition) is 3. The Morgan fingerprint density at radius 2 is 1.20 bits per heavy atom. The topological polar surface area (TPSA) is 196 Å². The molecule has 1 aromatic carbocycles. The number of piperidine rings is 1. The first-order valence-electron chi connectivity index (χ1n) is 21.5. The van der Waals surface area contributed by atoms with E-state index in [9.17, 15) is 9.59 Å². The van der Waals surface area contributed by atoms with Crippen molar-refractivity contribution in [2.45, 2.75) is 71.9 Å². The molecular formula is C42H75N7O10. The van der Waals surface area contributed by atoms with Crippen LogP contribution in [0.4, 0.5) is 5.69 Å². The molecule has 1 heterocycles. The van der Waals surface area contributed by atoms with Crippen LogP contribution in [0.15, 0.2) is 29.4 Å². The molecule has 1 aliphatic heterocycles. The van der Waals surface area contributed by atoms with Gasteiger partial charge in [0.15, 0.2) is 0 Å². The van der Waals surface area contributed by atoms with Gasteiger partial charge in [0.1, 0.15) is 6.04 Å². The summed E-state index contributed by atoms with van der Waals surface area (Å²) in [4.78, 5) is 30.9. The van der Waals surface area contributed by atoms with Gasteiger partial charge >= 0.3 is 0 Å². The summed E-state index contributed by atoms with van der Waals surface area (Å²) >= 11 is 0. The molecule has 0 saturated carbocycles. The number of rotatable bonds is 38. The van der Waals surface area contributed by atoms with Crippen molar-refractivity contribution in [3.63, 3.8) is 0 Å². The average molecular weight is 838 g/mol. The first kappa shape index (κ1) is 52.0. The second kappa shape index (κ2) is 35.6. The van der Waals surface area contributed by atoms with Crippen LogP contribution in [0.1, 0.15) is 58.4 Å². The molecule has 0 aliphatic carbocycles. The van der Waals surface area contributed by atoms with Gasteiger partial charge in [-0.25, -0.2) is 0 Å². The predicted octanol–water partition coefficient (Wildman–Crippen LogP) is 4.38. The minimum atomic E-state index is -0.552. The number of nitrogens with zero attached hydrogens (tertiary/aromatic N) is 4. The van der Waals surface area contributed by atoms with E-state index >= 15 is 0 Å². The number of azide groups is 1. The lowest BCUT2D eigenvalue weighted by atomic mass is 9.91. The quantitative estimate of drug-likeness (QED) is 0.0369. The fourth-order valence-corrected chi connectivity index (χ4v) is 6.14. The van der Waals surface area contributed by atoms with Gasteiger partial charge in [-0.15, -0.1) is 0 Å². The third-order valence-electron chi connectivity index (χ3n) is 9.60. The molecule has 1 aliphatic rings. The molecule has 2 rings (SSSR count). The van der Waals surface area contributed by atoms with E-state index in [4.69, 9.17) is 43.4 Å². The van der Waals surface area contributed by atoms with E-state index in [1.54, 1.807) is 0 Å². The second-order valence-corrected chi connectivity index (χ2v) is 15.0. The number of benzene rings is 1. The van der Waals surface area contributed by atoms with Crippen molar-refractivity contribution in [3.05, 3.63) is 40.3 Å². The Bertz CT molecular complexity index is 1230. The molecule has 1 saturated heterocycles. The SMILES string of the molecule is Cc1ccc(NC[C@H](C)NC(=O)[C@@H](NC(=O)CCCC2CCN(CCOCCOCCOCCOCCOCCOCCOCCOCCN=[N+]=[N-])CC2)C(C)C)cc1. The highest BCUT2D eigenvalue weighted by atomic mass is 16.6. The largest absolute Gasteiger partial charge is 0.383 e. The molecule has 2 amide bonds. The van der Waals surface area contributed by atoms with E-state index in [0.29, 0.717) is 131 Å². The summed E-state index contributed by atoms with van der Waals surface area (Å²) < 4.78 is 44.0. The van der Waals surface area contributed by atoms with Crippen LogP contribution in [0.3, 0.4) is 0 Å². The molecule has 3 N–H and O–H groups in total. The van der Waals surface area contributed by atoms with E-state index in [2.05, 4.69) is 49.9 Å².